The van der Waals surface area contributed by atoms with Crippen LogP contribution in [-0.4, -0.2) is 25.7 Å². The van der Waals surface area contributed by atoms with Crippen molar-refractivity contribution in [1.82, 2.24) is 4.31 Å². The molecular weight excluding hydrogens is 328 g/mol. The number of benzene rings is 1. The number of carbonyl (C=O) groups is 1. The Bertz CT molecular complexity index is 855. The number of sulfonamides is 1. The second kappa shape index (κ2) is 6.07. The van der Waals surface area contributed by atoms with Crippen molar-refractivity contribution in [3.63, 3.8) is 0 Å². The van der Waals surface area contributed by atoms with Crippen molar-refractivity contribution in [3.05, 3.63) is 53.5 Å². The van der Waals surface area contributed by atoms with Crippen LogP contribution in [0.5, 0.6) is 0 Å². The third-order valence-corrected chi connectivity index (χ3v) is 6.20. The van der Waals surface area contributed by atoms with E-state index in [2.05, 4.69) is 6.92 Å². The van der Waals surface area contributed by atoms with E-state index in [1.165, 1.54) is 35.6 Å². The van der Waals surface area contributed by atoms with Crippen molar-refractivity contribution in [2.75, 3.05) is 7.05 Å². The van der Waals surface area contributed by atoms with Crippen molar-refractivity contribution in [1.29, 1.82) is 0 Å². The van der Waals surface area contributed by atoms with E-state index in [-0.39, 0.29) is 17.0 Å². The molecule has 0 radical (unpaired) electrons. The Hall–Kier alpha value is -2.12. The van der Waals surface area contributed by atoms with Crippen molar-refractivity contribution in [2.24, 2.45) is 11.7 Å². The molecule has 24 heavy (non-hydrogen) atoms. The zero-order valence-corrected chi connectivity index (χ0v) is 14.4. The zero-order chi connectivity index (χ0) is 17.5. The van der Waals surface area contributed by atoms with Crippen LogP contribution in [0.4, 0.5) is 0 Å². The van der Waals surface area contributed by atoms with E-state index in [0.29, 0.717) is 17.6 Å². The van der Waals surface area contributed by atoms with Gasteiger partial charge in [-0.3, -0.25) is 4.79 Å². The summed E-state index contributed by atoms with van der Waals surface area (Å²) >= 11 is 0. The molecule has 6 nitrogen and oxygen atoms in total. The zero-order valence-electron chi connectivity index (χ0n) is 13.6. The molecule has 1 fully saturated rings. The highest BCUT2D eigenvalue weighted by molar-refractivity contribution is 7.89. The summed E-state index contributed by atoms with van der Waals surface area (Å²) in [7, 11) is -2.17. The van der Waals surface area contributed by atoms with E-state index < -0.39 is 15.9 Å². The lowest BCUT2D eigenvalue weighted by Gasteiger charge is -2.16. The molecule has 0 unspecified atom stereocenters. The fourth-order valence-corrected chi connectivity index (χ4v) is 3.81. The van der Waals surface area contributed by atoms with Gasteiger partial charge in [0.05, 0.1) is 11.4 Å². The Morgan fingerprint density at radius 3 is 2.42 bits per heavy atom. The molecule has 0 saturated heterocycles. The molecule has 7 heteroatoms. The second-order valence-electron chi connectivity index (χ2n) is 6.27. The minimum atomic E-state index is -3.66. The van der Waals surface area contributed by atoms with Gasteiger partial charge in [0.15, 0.2) is 0 Å². The lowest BCUT2D eigenvalue weighted by atomic mass is 10.2. The number of carbonyl (C=O) groups excluding carboxylic acids is 1. The average Bonchev–Trinajstić information content (AvgIpc) is 3.09. The van der Waals surface area contributed by atoms with Gasteiger partial charge in [0, 0.05) is 18.5 Å². The van der Waals surface area contributed by atoms with E-state index in [1.807, 2.05) is 12.1 Å². The molecule has 1 aromatic carbocycles. The Labute approximate surface area is 141 Å². The summed E-state index contributed by atoms with van der Waals surface area (Å²) < 4.78 is 32.2. The fourth-order valence-electron chi connectivity index (χ4n) is 2.67. The molecule has 0 bridgehead atoms. The van der Waals surface area contributed by atoms with Gasteiger partial charge in [-0.25, -0.2) is 8.42 Å². The molecule has 1 aliphatic rings. The van der Waals surface area contributed by atoms with Crippen LogP contribution in [0.1, 0.15) is 41.1 Å². The highest BCUT2D eigenvalue weighted by Gasteiger charge is 2.36. The van der Waals surface area contributed by atoms with Gasteiger partial charge in [-0.2, -0.15) is 4.31 Å². The summed E-state index contributed by atoms with van der Waals surface area (Å²) in [5, 5.41) is 0. The summed E-state index contributed by atoms with van der Waals surface area (Å²) in [5.41, 5.74) is 5.43. The Balaban J connectivity index is 1.74. The van der Waals surface area contributed by atoms with Gasteiger partial charge >= 0.3 is 0 Å². The number of primary amides is 1. The van der Waals surface area contributed by atoms with Gasteiger partial charge in [0.2, 0.25) is 15.9 Å². The first-order valence-electron chi connectivity index (χ1n) is 7.74. The van der Waals surface area contributed by atoms with Gasteiger partial charge in [0.1, 0.15) is 11.5 Å². The Morgan fingerprint density at radius 1 is 1.25 bits per heavy atom. The number of nitrogens with two attached hydrogens (primary N) is 1. The fraction of sp³-hybridized carbons (Fsp3) is 0.353. The lowest BCUT2D eigenvalue weighted by molar-refractivity contribution is 0.1000. The van der Waals surface area contributed by atoms with Crippen LogP contribution in [0.2, 0.25) is 0 Å². The summed E-state index contributed by atoms with van der Waals surface area (Å²) in [6.07, 6.45) is 1.12. The molecule has 0 spiro atoms. The SMILES string of the molecule is C[C@@H]1C[C@H]1c1ccc(CN(C)S(=O)(=O)c2ccc(C(N)=O)cc2)o1. The highest BCUT2D eigenvalue weighted by atomic mass is 32.2. The smallest absolute Gasteiger partial charge is 0.248 e. The van der Waals surface area contributed by atoms with Crippen molar-refractivity contribution >= 4 is 15.9 Å². The molecule has 1 amide bonds. The summed E-state index contributed by atoms with van der Waals surface area (Å²) in [6.45, 7) is 2.32. The van der Waals surface area contributed by atoms with E-state index >= 15 is 0 Å². The topological polar surface area (TPSA) is 93.6 Å². The van der Waals surface area contributed by atoms with Crippen LogP contribution < -0.4 is 5.73 Å². The summed E-state index contributed by atoms with van der Waals surface area (Å²) in [5.74, 6) is 2.04. The van der Waals surface area contributed by atoms with Crippen molar-refractivity contribution in [3.8, 4) is 0 Å². The maximum absolute atomic E-state index is 12.6. The van der Waals surface area contributed by atoms with Gasteiger partial charge in [-0.1, -0.05) is 6.92 Å². The third kappa shape index (κ3) is 3.22. The molecule has 2 N–H and O–H groups in total. The van der Waals surface area contributed by atoms with E-state index in [9.17, 15) is 13.2 Å². The molecule has 1 heterocycles. The first-order chi connectivity index (χ1) is 11.3. The first kappa shape index (κ1) is 16.7. The van der Waals surface area contributed by atoms with Crippen molar-refractivity contribution < 1.29 is 17.6 Å². The number of rotatable bonds is 6. The molecule has 1 aliphatic carbocycles. The maximum atomic E-state index is 12.6. The number of nitrogens with zero attached hydrogens (tertiary/aromatic N) is 1. The van der Waals surface area contributed by atoms with Crippen LogP contribution in [0.15, 0.2) is 45.7 Å². The average molecular weight is 348 g/mol. The van der Waals surface area contributed by atoms with Crippen LogP contribution in [0.3, 0.4) is 0 Å². The maximum Gasteiger partial charge on any atom is 0.248 e. The molecule has 2 aromatic rings. The highest BCUT2D eigenvalue weighted by Crippen LogP contribution is 2.47. The molecular formula is C17H20N2O4S. The molecule has 1 saturated carbocycles. The summed E-state index contributed by atoms with van der Waals surface area (Å²) in [6, 6.07) is 9.32. The quantitative estimate of drug-likeness (QED) is 0.867. The first-order valence-corrected chi connectivity index (χ1v) is 9.18. The van der Waals surface area contributed by atoms with E-state index in [0.717, 1.165) is 12.2 Å². The number of amides is 1. The summed E-state index contributed by atoms with van der Waals surface area (Å²) in [4.78, 5) is 11.2. The van der Waals surface area contributed by atoms with Gasteiger partial charge < -0.3 is 10.2 Å². The Kier molecular flexibility index (Phi) is 4.23. The molecule has 1 aromatic heterocycles. The molecule has 0 aliphatic heterocycles. The minimum Gasteiger partial charge on any atom is -0.464 e. The van der Waals surface area contributed by atoms with Crippen LogP contribution in [-0.2, 0) is 16.6 Å². The van der Waals surface area contributed by atoms with Gasteiger partial charge in [-0.05, 0) is 48.7 Å². The predicted molar refractivity (Wildman–Crippen MR) is 88.8 cm³/mol. The molecule has 128 valence electrons. The van der Waals surface area contributed by atoms with Gasteiger partial charge in [0.25, 0.3) is 0 Å². The minimum absolute atomic E-state index is 0.109. The predicted octanol–water partition coefficient (Wildman–Crippen LogP) is 2.32. The van der Waals surface area contributed by atoms with E-state index in [4.69, 9.17) is 10.2 Å². The molecule has 2 atom stereocenters. The standard InChI is InChI=1S/C17H20N2O4S/c1-11-9-15(11)16-8-5-13(23-16)10-19(2)24(21,22)14-6-3-12(4-7-14)17(18)20/h3-8,11,15H,9-10H2,1-2H3,(H2,18,20)/t11-,15-/m1/s1. The third-order valence-electron chi connectivity index (χ3n) is 4.38. The lowest BCUT2D eigenvalue weighted by Crippen LogP contribution is -2.26. The van der Waals surface area contributed by atoms with Crippen LogP contribution in [0, 0.1) is 5.92 Å². The van der Waals surface area contributed by atoms with E-state index in [1.54, 1.807) is 0 Å². The number of hydrogen-bond donors (Lipinski definition) is 1. The Morgan fingerprint density at radius 2 is 1.88 bits per heavy atom. The van der Waals surface area contributed by atoms with Crippen LogP contribution >= 0.6 is 0 Å². The normalized spacial score (nSPS) is 20.3. The second-order valence-corrected chi connectivity index (χ2v) is 8.32. The number of hydrogen-bond acceptors (Lipinski definition) is 4. The van der Waals surface area contributed by atoms with Crippen LogP contribution in [0.25, 0.3) is 0 Å². The molecule has 3 rings (SSSR count). The van der Waals surface area contributed by atoms with Crippen molar-refractivity contribution in [2.45, 2.75) is 30.7 Å². The van der Waals surface area contributed by atoms with Gasteiger partial charge in [-0.15, -0.1) is 0 Å². The number of furan rings is 1. The monoisotopic (exact) mass is 348 g/mol. The largest absolute Gasteiger partial charge is 0.464 e.